The van der Waals surface area contributed by atoms with Gasteiger partial charge in [0.15, 0.2) is 5.96 Å². The number of methoxy groups -OCH3 is 1. The van der Waals surface area contributed by atoms with Crippen LogP contribution < -0.4 is 15.8 Å². The molecular weight excluding hydrogens is 479 g/mol. The van der Waals surface area contributed by atoms with Gasteiger partial charge in [0.25, 0.3) is 0 Å². The number of nitrogens with two attached hydrogens (primary N) is 1. The fourth-order valence-electron chi connectivity index (χ4n) is 2.27. The summed E-state index contributed by atoms with van der Waals surface area (Å²) in [7, 11) is 1.64. The molecule has 0 atom stereocenters. The molecule has 1 aromatic carbocycles. The molecule has 0 aliphatic rings. The van der Waals surface area contributed by atoms with E-state index in [1.807, 2.05) is 31.2 Å². The SMILES string of the molecule is COc1ccc(NC(N)=NCCc2ccc(-c3csc(C)n3)s2)cc1.I. The van der Waals surface area contributed by atoms with Crippen LogP contribution in [0.5, 0.6) is 5.75 Å². The van der Waals surface area contributed by atoms with E-state index >= 15 is 0 Å². The number of benzene rings is 1. The van der Waals surface area contributed by atoms with Crippen molar-refractivity contribution in [1.82, 2.24) is 4.98 Å². The Balaban J connectivity index is 0.00000243. The van der Waals surface area contributed by atoms with Gasteiger partial charge in [-0.05, 0) is 43.3 Å². The maximum atomic E-state index is 5.94. The molecule has 26 heavy (non-hydrogen) atoms. The van der Waals surface area contributed by atoms with E-state index in [1.54, 1.807) is 29.8 Å². The predicted molar refractivity (Wildman–Crippen MR) is 122 cm³/mol. The summed E-state index contributed by atoms with van der Waals surface area (Å²) in [4.78, 5) is 11.4. The maximum Gasteiger partial charge on any atom is 0.193 e. The second-order valence-corrected chi connectivity index (χ2v) is 7.62. The molecule has 2 aromatic heterocycles. The van der Waals surface area contributed by atoms with Crippen LogP contribution in [0.15, 0.2) is 46.8 Å². The van der Waals surface area contributed by atoms with Gasteiger partial charge in [0.2, 0.25) is 0 Å². The number of thiophene rings is 1. The topological polar surface area (TPSA) is 72.5 Å². The highest BCUT2D eigenvalue weighted by atomic mass is 127. The number of rotatable bonds is 6. The van der Waals surface area contributed by atoms with Gasteiger partial charge in [-0.1, -0.05) is 0 Å². The van der Waals surface area contributed by atoms with Crippen LogP contribution in [0.3, 0.4) is 0 Å². The minimum absolute atomic E-state index is 0. The van der Waals surface area contributed by atoms with E-state index in [0.717, 1.165) is 28.6 Å². The van der Waals surface area contributed by atoms with E-state index in [-0.39, 0.29) is 24.0 Å². The average Bonchev–Trinajstić information content (AvgIpc) is 3.24. The Morgan fingerprint density at radius 3 is 2.65 bits per heavy atom. The van der Waals surface area contributed by atoms with Gasteiger partial charge in [0.1, 0.15) is 5.75 Å². The zero-order valence-electron chi connectivity index (χ0n) is 14.6. The van der Waals surface area contributed by atoms with Crippen LogP contribution in [-0.4, -0.2) is 24.6 Å². The highest BCUT2D eigenvalue weighted by molar-refractivity contribution is 14.0. The Morgan fingerprint density at radius 1 is 1.23 bits per heavy atom. The molecule has 0 spiro atoms. The highest BCUT2D eigenvalue weighted by Gasteiger charge is 2.06. The van der Waals surface area contributed by atoms with Crippen LogP contribution in [0.25, 0.3) is 10.6 Å². The molecule has 3 rings (SSSR count). The first kappa shape index (κ1) is 20.7. The maximum absolute atomic E-state index is 5.94. The van der Waals surface area contributed by atoms with Crippen LogP contribution in [0.4, 0.5) is 5.69 Å². The van der Waals surface area contributed by atoms with Crippen molar-refractivity contribution in [2.45, 2.75) is 13.3 Å². The van der Waals surface area contributed by atoms with Crippen LogP contribution >= 0.6 is 46.7 Å². The van der Waals surface area contributed by atoms with Crippen molar-refractivity contribution in [1.29, 1.82) is 0 Å². The van der Waals surface area contributed by atoms with Crippen LogP contribution in [0.1, 0.15) is 9.88 Å². The third-order valence-corrected chi connectivity index (χ3v) is 5.48. The molecule has 0 saturated carbocycles. The first-order valence-electron chi connectivity index (χ1n) is 7.86. The zero-order valence-corrected chi connectivity index (χ0v) is 18.5. The highest BCUT2D eigenvalue weighted by Crippen LogP contribution is 2.29. The van der Waals surface area contributed by atoms with Gasteiger partial charge in [0, 0.05) is 28.9 Å². The fraction of sp³-hybridized carbons (Fsp3) is 0.222. The summed E-state index contributed by atoms with van der Waals surface area (Å²) in [6.45, 7) is 2.67. The molecule has 0 amide bonds. The van der Waals surface area contributed by atoms with E-state index in [0.29, 0.717) is 12.5 Å². The molecule has 0 saturated heterocycles. The van der Waals surface area contributed by atoms with E-state index in [1.165, 1.54) is 9.75 Å². The smallest absolute Gasteiger partial charge is 0.193 e. The number of thiazole rings is 1. The summed E-state index contributed by atoms with van der Waals surface area (Å²) in [5.74, 6) is 1.22. The number of aryl methyl sites for hydroxylation is 1. The van der Waals surface area contributed by atoms with Crippen molar-refractivity contribution in [3.63, 3.8) is 0 Å². The van der Waals surface area contributed by atoms with Crippen molar-refractivity contribution < 1.29 is 4.74 Å². The minimum Gasteiger partial charge on any atom is -0.497 e. The lowest BCUT2D eigenvalue weighted by Crippen LogP contribution is -2.23. The Bertz CT molecular complexity index is 858. The van der Waals surface area contributed by atoms with Crippen molar-refractivity contribution in [2.24, 2.45) is 10.7 Å². The molecule has 8 heteroatoms. The second-order valence-electron chi connectivity index (χ2n) is 5.39. The Morgan fingerprint density at radius 2 is 2.00 bits per heavy atom. The van der Waals surface area contributed by atoms with Crippen LogP contribution in [0, 0.1) is 6.92 Å². The first-order valence-corrected chi connectivity index (χ1v) is 9.56. The lowest BCUT2D eigenvalue weighted by Gasteiger charge is -2.06. The van der Waals surface area contributed by atoms with Gasteiger partial charge in [-0.25, -0.2) is 4.98 Å². The van der Waals surface area contributed by atoms with Crippen molar-refractivity contribution in [3.8, 4) is 16.3 Å². The molecule has 0 unspecified atom stereocenters. The third-order valence-electron chi connectivity index (χ3n) is 3.54. The summed E-state index contributed by atoms with van der Waals surface area (Å²) in [5, 5.41) is 6.27. The van der Waals surface area contributed by atoms with Gasteiger partial charge >= 0.3 is 0 Å². The molecule has 0 radical (unpaired) electrons. The number of nitrogens with zero attached hydrogens (tertiary/aromatic N) is 2. The lowest BCUT2D eigenvalue weighted by molar-refractivity contribution is 0.415. The quantitative estimate of drug-likeness (QED) is 0.291. The molecule has 0 aliphatic carbocycles. The van der Waals surface area contributed by atoms with E-state index in [2.05, 4.69) is 32.8 Å². The normalized spacial score (nSPS) is 11.1. The first-order chi connectivity index (χ1) is 12.1. The number of hydrogen-bond acceptors (Lipinski definition) is 5. The molecule has 0 fully saturated rings. The molecule has 138 valence electrons. The lowest BCUT2D eigenvalue weighted by atomic mass is 10.3. The molecule has 0 bridgehead atoms. The van der Waals surface area contributed by atoms with Crippen LogP contribution in [-0.2, 0) is 6.42 Å². The Labute approximate surface area is 178 Å². The number of guanidine groups is 1. The van der Waals surface area contributed by atoms with E-state index in [4.69, 9.17) is 10.5 Å². The van der Waals surface area contributed by atoms with Gasteiger partial charge in [-0.2, -0.15) is 0 Å². The molecule has 2 heterocycles. The van der Waals surface area contributed by atoms with Crippen molar-refractivity contribution in [2.75, 3.05) is 19.0 Å². The summed E-state index contributed by atoms with van der Waals surface area (Å²) >= 11 is 3.43. The fourth-order valence-corrected chi connectivity index (χ4v) is 3.92. The van der Waals surface area contributed by atoms with Crippen LogP contribution in [0.2, 0.25) is 0 Å². The molecule has 0 aliphatic heterocycles. The van der Waals surface area contributed by atoms with E-state index < -0.39 is 0 Å². The summed E-state index contributed by atoms with van der Waals surface area (Å²) < 4.78 is 5.13. The summed E-state index contributed by atoms with van der Waals surface area (Å²) in [6.07, 6.45) is 0.860. The van der Waals surface area contributed by atoms with Crippen molar-refractivity contribution >= 4 is 58.3 Å². The molecular formula is C18H21IN4OS2. The van der Waals surface area contributed by atoms with Gasteiger partial charge < -0.3 is 15.8 Å². The monoisotopic (exact) mass is 500 g/mol. The third kappa shape index (κ3) is 5.68. The van der Waals surface area contributed by atoms with Crippen molar-refractivity contribution in [3.05, 3.63) is 51.7 Å². The van der Waals surface area contributed by atoms with Gasteiger partial charge in [-0.3, -0.25) is 4.99 Å². The number of ether oxygens (including phenoxy) is 1. The Hall–Kier alpha value is -1.65. The zero-order chi connectivity index (χ0) is 17.6. The molecule has 3 N–H and O–H groups in total. The number of anilines is 1. The predicted octanol–water partition coefficient (Wildman–Crippen LogP) is 4.78. The van der Waals surface area contributed by atoms with Gasteiger partial charge in [-0.15, -0.1) is 46.7 Å². The largest absolute Gasteiger partial charge is 0.497 e. The number of nitrogens with one attached hydrogen (secondary N) is 1. The van der Waals surface area contributed by atoms with E-state index in [9.17, 15) is 0 Å². The second kappa shape index (κ2) is 9.89. The van der Waals surface area contributed by atoms with Gasteiger partial charge in [0.05, 0.1) is 22.7 Å². The summed E-state index contributed by atoms with van der Waals surface area (Å²) in [6, 6.07) is 11.8. The molecule has 3 aromatic rings. The number of hydrogen-bond donors (Lipinski definition) is 2. The number of aromatic nitrogens is 1. The standard InChI is InChI=1S/C18H20N4OS2.HI/c1-12-21-16(11-24-12)17-8-7-15(25-17)9-10-20-18(19)22-13-3-5-14(23-2)6-4-13;/h3-8,11H,9-10H2,1-2H3,(H3,19,20,22);1H. The average molecular weight is 500 g/mol. The minimum atomic E-state index is 0. The Kier molecular flexibility index (Phi) is 7.85. The number of halogens is 1. The molecule has 5 nitrogen and oxygen atoms in total. The summed E-state index contributed by atoms with van der Waals surface area (Å²) in [5.41, 5.74) is 7.89. The number of aliphatic imine (C=N–C) groups is 1.